The van der Waals surface area contributed by atoms with Gasteiger partial charge in [0.25, 0.3) is 5.91 Å². The standard InChI is InChI=1S/C18H20ClN7O/c1-12-16(23-24-26(12)14-6-7-20-10-14)17(27)22-18-21-8-9-25(18)11-13-4-2-3-5-15(13)19/h2-5,8-9,14,20H,6-7,10-11H2,1H3,(H,21,22,27)/t14-/m0/s1. The van der Waals surface area contributed by atoms with Crippen LogP contribution >= 0.6 is 11.6 Å². The quantitative estimate of drug-likeness (QED) is 0.703. The summed E-state index contributed by atoms with van der Waals surface area (Å²) in [6.45, 7) is 4.16. The molecule has 1 amide bonds. The molecule has 1 atom stereocenters. The molecule has 0 bridgehead atoms. The van der Waals surface area contributed by atoms with Gasteiger partial charge in [0.1, 0.15) is 0 Å². The fraction of sp³-hybridized carbons (Fsp3) is 0.333. The summed E-state index contributed by atoms with van der Waals surface area (Å²) < 4.78 is 3.66. The minimum Gasteiger partial charge on any atom is -0.315 e. The van der Waals surface area contributed by atoms with Gasteiger partial charge < -0.3 is 9.88 Å². The maximum Gasteiger partial charge on any atom is 0.280 e. The first-order valence-electron chi connectivity index (χ1n) is 8.82. The molecule has 2 N–H and O–H groups in total. The molecule has 1 aliphatic rings. The largest absolute Gasteiger partial charge is 0.315 e. The lowest BCUT2D eigenvalue weighted by Gasteiger charge is -2.11. The van der Waals surface area contributed by atoms with Crippen molar-refractivity contribution in [2.24, 2.45) is 0 Å². The van der Waals surface area contributed by atoms with Crippen molar-refractivity contribution in [3.05, 3.63) is 58.6 Å². The van der Waals surface area contributed by atoms with Crippen LogP contribution in [0.15, 0.2) is 36.7 Å². The van der Waals surface area contributed by atoms with Crippen LogP contribution in [-0.2, 0) is 6.54 Å². The first-order chi connectivity index (χ1) is 13.1. The molecule has 8 nitrogen and oxygen atoms in total. The summed E-state index contributed by atoms with van der Waals surface area (Å²) in [5, 5.41) is 15.1. The van der Waals surface area contributed by atoms with Crippen LogP contribution in [0.5, 0.6) is 0 Å². The Hall–Kier alpha value is -2.71. The van der Waals surface area contributed by atoms with Crippen LogP contribution in [0.1, 0.15) is 34.2 Å². The van der Waals surface area contributed by atoms with Gasteiger partial charge in [-0.15, -0.1) is 5.10 Å². The molecule has 2 aromatic heterocycles. The third-order valence-corrected chi connectivity index (χ3v) is 5.13. The van der Waals surface area contributed by atoms with Gasteiger partial charge in [0, 0.05) is 24.0 Å². The second-order valence-electron chi connectivity index (χ2n) is 6.54. The zero-order valence-corrected chi connectivity index (χ0v) is 15.6. The Morgan fingerprint density at radius 1 is 1.41 bits per heavy atom. The Bertz CT molecular complexity index is 958. The smallest absolute Gasteiger partial charge is 0.280 e. The van der Waals surface area contributed by atoms with Gasteiger partial charge in [-0.1, -0.05) is 35.0 Å². The number of hydrogen-bond acceptors (Lipinski definition) is 5. The highest BCUT2D eigenvalue weighted by atomic mass is 35.5. The number of amides is 1. The van der Waals surface area contributed by atoms with E-state index in [4.69, 9.17) is 11.6 Å². The zero-order valence-electron chi connectivity index (χ0n) is 14.9. The summed E-state index contributed by atoms with van der Waals surface area (Å²) in [5.41, 5.74) is 2.02. The lowest BCUT2D eigenvalue weighted by molar-refractivity contribution is 0.102. The summed E-state index contributed by atoms with van der Waals surface area (Å²) in [6.07, 6.45) is 4.42. The van der Waals surface area contributed by atoms with E-state index in [0.29, 0.717) is 23.2 Å². The summed E-state index contributed by atoms with van der Waals surface area (Å²) in [7, 11) is 0. The molecule has 1 fully saturated rings. The van der Waals surface area contributed by atoms with Crippen LogP contribution in [0, 0.1) is 6.92 Å². The third kappa shape index (κ3) is 3.58. The van der Waals surface area contributed by atoms with Crippen molar-refractivity contribution < 1.29 is 4.79 Å². The Morgan fingerprint density at radius 3 is 3.04 bits per heavy atom. The number of anilines is 1. The number of benzene rings is 1. The van der Waals surface area contributed by atoms with Crippen molar-refractivity contribution >= 4 is 23.5 Å². The zero-order chi connectivity index (χ0) is 18.8. The summed E-state index contributed by atoms with van der Waals surface area (Å²) in [6, 6.07) is 7.83. The Labute approximate surface area is 161 Å². The van der Waals surface area contributed by atoms with Crippen LogP contribution in [0.3, 0.4) is 0 Å². The van der Waals surface area contributed by atoms with Crippen LogP contribution in [0.25, 0.3) is 0 Å². The van der Waals surface area contributed by atoms with E-state index in [2.05, 4.69) is 25.9 Å². The highest BCUT2D eigenvalue weighted by Gasteiger charge is 2.24. The molecule has 3 heterocycles. The molecule has 27 heavy (non-hydrogen) atoms. The molecule has 140 valence electrons. The minimum atomic E-state index is -0.323. The molecular weight excluding hydrogens is 366 g/mol. The van der Waals surface area contributed by atoms with Gasteiger partial charge in [0.15, 0.2) is 5.69 Å². The van der Waals surface area contributed by atoms with Crippen molar-refractivity contribution in [2.75, 3.05) is 18.4 Å². The van der Waals surface area contributed by atoms with Crippen molar-refractivity contribution in [1.29, 1.82) is 0 Å². The molecule has 4 rings (SSSR count). The number of nitrogens with one attached hydrogen (secondary N) is 2. The van der Waals surface area contributed by atoms with E-state index in [9.17, 15) is 4.79 Å². The van der Waals surface area contributed by atoms with Crippen molar-refractivity contribution in [1.82, 2.24) is 29.9 Å². The fourth-order valence-electron chi connectivity index (χ4n) is 3.28. The van der Waals surface area contributed by atoms with E-state index in [-0.39, 0.29) is 11.9 Å². The molecule has 1 saturated heterocycles. The number of aromatic nitrogens is 5. The summed E-state index contributed by atoms with van der Waals surface area (Å²) >= 11 is 6.23. The van der Waals surface area contributed by atoms with Crippen molar-refractivity contribution in [3.63, 3.8) is 0 Å². The van der Waals surface area contributed by atoms with E-state index in [1.807, 2.05) is 40.4 Å². The van der Waals surface area contributed by atoms with Gasteiger partial charge >= 0.3 is 0 Å². The maximum atomic E-state index is 12.7. The highest BCUT2D eigenvalue weighted by Crippen LogP contribution is 2.20. The van der Waals surface area contributed by atoms with Gasteiger partial charge in [-0.05, 0) is 31.5 Å². The lowest BCUT2D eigenvalue weighted by atomic mass is 10.2. The number of hydrogen-bond donors (Lipinski definition) is 2. The molecule has 3 aromatic rings. The SMILES string of the molecule is Cc1c(C(=O)Nc2nccn2Cc2ccccc2Cl)nnn1[C@H]1CCNC1. The second-order valence-corrected chi connectivity index (χ2v) is 6.95. The monoisotopic (exact) mass is 385 g/mol. The lowest BCUT2D eigenvalue weighted by Crippen LogP contribution is -2.19. The van der Waals surface area contributed by atoms with Crippen molar-refractivity contribution in [3.8, 4) is 0 Å². The van der Waals surface area contributed by atoms with E-state index < -0.39 is 0 Å². The van der Waals surface area contributed by atoms with E-state index in [1.54, 1.807) is 12.4 Å². The average Bonchev–Trinajstić information content (AvgIpc) is 3.39. The van der Waals surface area contributed by atoms with E-state index in [0.717, 1.165) is 30.8 Å². The molecule has 0 spiro atoms. The van der Waals surface area contributed by atoms with E-state index in [1.165, 1.54) is 0 Å². The summed E-state index contributed by atoms with van der Waals surface area (Å²) in [4.78, 5) is 17.0. The number of rotatable bonds is 5. The normalized spacial score (nSPS) is 16.6. The molecule has 0 radical (unpaired) electrons. The fourth-order valence-corrected chi connectivity index (χ4v) is 3.47. The third-order valence-electron chi connectivity index (χ3n) is 4.76. The second kappa shape index (κ2) is 7.50. The topological polar surface area (TPSA) is 89.7 Å². The van der Waals surface area contributed by atoms with Crippen molar-refractivity contribution in [2.45, 2.75) is 25.9 Å². The van der Waals surface area contributed by atoms with Crippen LogP contribution in [-0.4, -0.2) is 43.5 Å². The van der Waals surface area contributed by atoms with Gasteiger partial charge in [-0.25, -0.2) is 9.67 Å². The highest BCUT2D eigenvalue weighted by molar-refractivity contribution is 6.31. The molecule has 0 unspecified atom stereocenters. The Kier molecular flexibility index (Phi) is 4.91. The average molecular weight is 386 g/mol. The molecular formula is C18H20ClN7O. The van der Waals surface area contributed by atoms with Gasteiger partial charge in [0.2, 0.25) is 5.95 Å². The molecule has 0 aliphatic carbocycles. The molecule has 0 saturated carbocycles. The number of halogens is 1. The van der Waals surface area contributed by atoms with Gasteiger partial charge in [-0.2, -0.15) is 0 Å². The minimum absolute atomic E-state index is 0.237. The summed E-state index contributed by atoms with van der Waals surface area (Å²) in [5.74, 6) is 0.118. The van der Waals surface area contributed by atoms with Gasteiger partial charge in [-0.3, -0.25) is 10.1 Å². The maximum absolute atomic E-state index is 12.7. The predicted octanol–water partition coefficient (Wildman–Crippen LogP) is 2.27. The van der Waals surface area contributed by atoms with Crippen LogP contribution < -0.4 is 10.6 Å². The van der Waals surface area contributed by atoms with E-state index >= 15 is 0 Å². The number of nitrogens with zero attached hydrogens (tertiary/aromatic N) is 5. The number of carbonyl (C=O) groups excluding carboxylic acids is 1. The molecule has 9 heteroatoms. The first kappa shape index (κ1) is 17.7. The predicted molar refractivity (Wildman–Crippen MR) is 102 cm³/mol. The van der Waals surface area contributed by atoms with Gasteiger partial charge in [0.05, 0.1) is 18.3 Å². The number of carbonyl (C=O) groups is 1. The molecule has 1 aromatic carbocycles. The Morgan fingerprint density at radius 2 is 2.26 bits per heavy atom. The van der Waals surface area contributed by atoms with Crippen LogP contribution in [0.4, 0.5) is 5.95 Å². The Balaban J connectivity index is 1.51. The molecule has 1 aliphatic heterocycles. The van der Waals surface area contributed by atoms with Crippen LogP contribution in [0.2, 0.25) is 5.02 Å². The first-order valence-corrected chi connectivity index (χ1v) is 9.19. The number of imidazole rings is 1.